The van der Waals surface area contributed by atoms with Gasteiger partial charge in [-0.25, -0.2) is 4.79 Å². The largest absolute Gasteiger partial charge is 0.496 e. The summed E-state index contributed by atoms with van der Waals surface area (Å²) in [6, 6.07) is 5.33. The van der Waals surface area contributed by atoms with Gasteiger partial charge in [-0.3, -0.25) is 4.90 Å². The minimum Gasteiger partial charge on any atom is -0.496 e. The molecule has 0 bridgehead atoms. The SMILES string of the molecule is COc1cccc(OC)c1C1C=CCCN1C(=O)OC(C)(C)C. The highest BCUT2D eigenvalue weighted by Crippen LogP contribution is 2.39. The second-order valence-corrected chi connectivity index (χ2v) is 6.41. The molecule has 126 valence electrons. The lowest BCUT2D eigenvalue weighted by Crippen LogP contribution is -2.40. The van der Waals surface area contributed by atoms with Crippen molar-refractivity contribution < 1.29 is 19.0 Å². The molecule has 1 aromatic rings. The van der Waals surface area contributed by atoms with E-state index < -0.39 is 5.60 Å². The molecule has 5 nitrogen and oxygen atoms in total. The van der Waals surface area contributed by atoms with Crippen molar-refractivity contribution in [3.8, 4) is 11.5 Å². The summed E-state index contributed by atoms with van der Waals surface area (Å²) in [6.45, 7) is 6.19. The third-order valence-electron chi connectivity index (χ3n) is 3.58. The quantitative estimate of drug-likeness (QED) is 0.792. The van der Waals surface area contributed by atoms with Crippen molar-refractivity contribution in [2.45, 2.75) is 38.8 Å². The number of amides is 1. The van der Waals surface area contributed by atoms with Crippen molar-refractivity contribution in [1.82, 2.24) is 4.90 Å². The topological polar surface area (TPSA) is 48.0 Å². The number of benzene rings is 1. The fourth-order valence-corrected chi connectivity index (χ4v) is 2.63. The maximum Gasteiger partial charge on any atom is 0.411 e. The molecule has 1 atom stereocenters. The molecule has 5 heteroatoms. The third-order valence-corrected chi connectivity index (χ3v) is 3.58. The summed E-state index contributed by atoms with van der Waals surface area (Å²) < 4.78 is 16.5. The van der Waals surface area contributed by atoms with Crippen LogP contribution in [-0.2, 0) is 4.74 Å². The molecule has 1 amide bonds. The van der Waals surface area contributed by atoms with E-state index in [1.54, 1.807) is 19.1 Å². The summed E-state index contributed by atoms with van der Waals surface area (Å²) in [5.74, 6) is 1.38. The van der Waals surface area contributed by atoms with Crippen LogP contribution in [0.3, 0.4) is 0 Å². The zero-order valence-corrected chi connectivity index (χ0v) is 14.5. The van der Waals surface area contributed by atoms with Crippen LogP contribution in [0.25, 0.3) is 0 Å². The average Bonchev–Trinajstić information content (AvgIpc) is 2.52. The molecule has 0 N–H and O–H groups in total. The molecular weight excluding hydrogens is 294 g/mol. The van der Waals surface area contributed by atoms with Gasteiger partial charge in [-0.15, -0.1) is 0 Å². The first-order chi connectivity index (χ1) is 10.9. The van der Waals surface area contributed by atoms with Gasteiger partial charge in [0, 0.05) is 6.54 Å². The molecule has 23 heavy (non-hydrogen) atoms. The van der Waals surface area contributed by atoms with Gasteiger partial charge in [-0.1, -0.05) is 18.2 Å². The summed E-state index contributed by atoms with van der Waals surface area (Å²) in [7, 11) is 3.23. The fraction of sp³-hybridized carbons (Fsp3) is 0.500. The van der Waals surface area contributed by atoms with Gasteiger partial charge in [0.15, 0.2) is 0 Å². The van der Waals surface area contributed by atoms with Crippen LogP contribution in [0.15, 0.2) is 30.4 Å². The van der Waals surface area contributed by atoms with Gasteiger partial charge in [0.1, 0.15) is 17.1 Å². The van der Waals surface area contributed by atoms with Crippen molar-refractivity contribution >= 4 is 6.09 Å². The monoisotopic (exact) mass is 319 g/mol. The predicted molar refractivity (Wildman–Crippen MR) is 89.0 cm³/mol. The number of hydrogen-bond acceptors (Lipinski definition) is 4. The first-order valence-corrected chi connectivity index (χ1v) is 7.74. The molecule has 0 aromatic heterocycles. The lowest BCUT2D eigenvalue weighted by atomic mass is 9.99. The number of nitrogens with zero attached hydrogens (tertiary/aromatic N) is 1. The second kappa shape index (κ2) is 6.94. The number of carbonyl (C=O) groups excluding carboxylic acids is 1. The zero-order chi connectivity index (χ0) is 17.0. The minimum atomic E-state index is -0.534. The lowest BCUT2D eigenvalue weighted by Gasteiger charge is -2.35. The molecule has 1 aromatic carbocycles. The molecule has 1 unspecified atom stereocenters. The Labute approximate surface area is 137 Å². The highest BCUT2D eigenvalue weighted by atomic mass is 16.6. The molecule has 0 spiro atoms. The van der Waals surface area contributed by atoms with Crippen LogP contribution in [0.1, 0.15) is 38.8 Å². The Kier molecular flexibility index (Phi) is 5.19. The van der Waals surface area contributed by atoms with E-state index in [9.17, 15) is 4.79 Å². The van der Waals surface area contributed by atoms with Gasteiger partial charge in [-0.2, -0.15) is 0 Å². The number of carbonyl (C=O) groups is 1. The van der Waals surface area contributed by atoms with E-state index >= 15 is 0 Å². The first kappa shape index (κ1) is 17.2. The Morgan fingerprint density at radius 1 is 1.17 bits per heavy atom. The summed E-state index contributed by atoms with van der Waals surface area (Å²) >= 11 is 0. The standard InChI is InChI=1S/C18H25NO4/c1-18(2,3)23-17(20)19-12-7-6-9-13(19)16-14(21-4)10-8-11-15(16)22-5/h6,8-11,13H,7,12H2,1-5H3. The minimum absolute atomic E-state index is 0.273. The summed E-state index contributed by atoms with van der Waals surface area (Å²) in [5, 5.41) is 0. The van der Waals surface area contributed by atoms with Gasteiger partial charge >= 0.3 is 6.09 Å². The molecular formula is C18H25NO4. The van der Waals surface area contributed by atoms with Crippen LogP contribution < -0.4 is 9.47 Å². The van der Waals surface area contributed by atoms with Crippen molar-refractivity contribution in [1.29, 1.82) is 0 Å². The van der Waals surface area contributed by atoms with E-state index in [0.29, 0.717) is 18.0 Å². The molecule has 0 fully saturated rings. The van der Waals surface area contributed by atoms with Gasteiger partial charge in [-0.05, 0) is 39.3 Å². The summed E-state index contributed by atoms with van der Waals surface area (Å²) in [6.07, 6.45) is 4.53. The molecule has 1 aliphatic heterocycles. The Bertz CT molecular complexity index is 567. The van der Waals surface area contributed by atoms with Crippen molar-refractivity contribution in [2.24, 2.45) is 0 Å². The van der Waals surface area contributed by atoms with E-state index in [-0.39, 0.29) is 12.1 Å². The summed E-state index contributed by atoms with van der Waals surface area (Å²) in [5.41, 5.74) is 0.299. The zero-order valence-electron chi connectivity index (χ0n) is 14.5. The van der Waals surface area contributed by atoms with Crippen LogP contribution in [0.2, 0.25) is 0 Å². The van der Waals surface area contributed by atoms with Crippen LogP contribution in [-0.4, -0.2) is 37.4 Å². The third kappa shape index (κ3) is 3.97. The van der Waals surface area contributed by atoms with Crippen LogP contribution in [0.5, 0.6) is 11.5 Å². The number of rotatable bonds is 3. The highest BCUT2D eigenvalue weighted by Gasteiger charge is 2.32. The molecule has 0 radical (unpaired) electrons. The number of methoxy groups -OCH3 is 2. The Morgan fingerprint density at radius 2 is 1.78 bits per heavy atom. The molecule has 0 aliphatic carbocycles. The fourth-order valence-electron chi connectivity index (χ4n) is 2.63. The summed E-state index contributed by atoms with van der Waals surface area (Å²) in [4.78, 5) is 14.3. The van der Waals surface area contributed by atoms with Crippen LogP contribution in [0, 0.1) is 0 Å². The molecule has 1 aliphatic rings. The van der Waals surface area contributed by atoms with E-state index in [2.05, 4.69) is 6.08 Å². The normalized spacial score (nSPS) is 17.8. The second-order valence-electron chi connectivity index (χ2n) is 6.41. The van der Waals surface area contributed by atoms with Gasteiger partial charge in [0.25, 0.3) is 0 Å². The van der Waals surface area contributed by atoms with Crippen molar-refractivity contribution in [2.75, 3.05) is 20.8 Å². The Hall–Kier alpha value is -2.17. The maximum absolute atomic E-state index is 12.6. The lowest BCUT2D eigenvalue weighted by molar-refractivity contribution is 0.0187. The smallest absolute Gasteiger partial charge is 0.411 e. The Balaban J connectivity index is 2.41. The van der Waals surface area contributed by atoms with Crippen LogP contribution in [0.4, 0.5) is 4.79 Å². The van der Waals surface area contributed by atoms with E-state index in [1.807, 2.05) is 45.0 Å². The van der Waals surface area contributed by atoms with E-state index in [0.717, 1.165) is 12.0 Å². The van der Waals surface area contributed by atoms with Crippen LogP contribution >= 0.6 is 0 Å². The molecule has 1 heterocycles. The van der Waals surface area contributed by atoms with Crippen molar-refractivity contribution in [3.05, 3.63) is 35.9 Å². The first-order valence-electron chi connectivity index (χ1n) is 7.74. The molecule has 0 saturated carbocycles. The van der Waals surface area contributed by atoms with Gasteiger partial charge in [0.05, 0.1) is 25.8 Å². The van der Waals surface area contributed by atoms with Gasteiger partial charge < -0.3 is 14.2 Å². The number of ether oxygens (including phenoxy) is 3. The molecule has 2 rings (SSSR count). The van der Waals surface area contributed by atoms with Crippen molar-refractivity contribution in [3.63, 3.8) is 0 Å². The average molecular weight is 319 g/mol. The number of hydrogen-bond donors (Lipinski definition) is 0. The molecule has 0 saturated heterocycles. The highest BCUT2D eigenvalue weighted by molar-refractivity contribution is 5.70. The Morgan fingerprint density at radius 3 is 2.30 bits per heavy atom. The van der Waals surface area contributed by atoms with E-state index in [1.165, 1.54) is 0 Å². The van der Waals surface area contributed by atoms with E-state index in [4.69, 9.17) is 14.2 Å². The predicted octanol–water partition coefficient (Wildman–Crippen LogP) is 3.94. The van der Waals surface area contributed by atoms with Gasteiger partial charge in [0.2, 0.25) is 0 Å². The maximum atomic E-state index is 12.6.